The lowest BCUT2D eigenvalue weighted by Crippen LogP contribution is -2.11. The molecule has 0 saturated carbocycles. The minimum absolute atomic E-state index is 1.13. The summed E-state index contributed by atoms with van der Waals surface area (Å²) in [5.74, 6) is 0. The molecule has 11 rings (SSSR count). The Bertz CT molecular complexity index is 3170. The Hall–Kier alpha value is -6.26. The van der Waals surface area contributed by atoms with Crippen LogP contribution in [0.3, 0.4) is 0 Å². The third kappa shape index (κ3) is 4.89. The average molecular weight is 710 g/mol. The number of thiophene rings is 2. The van der Waals surface area contributed by atoms with Gasteiger partial charge in [-0.1, -0.05) is 140 Å². The van der Waals surface area contributed by atoms with Crippen LogP contribution in [0.2, 0.25) is 0 Å². The van der Waals surface area contributed by atoms with Gasteiger partial charge in [0.2, 0.25) is 0 Å². The van der Waals surface area contributed by atoms with Crippen LogP contribution < -0.4 is 4.90 Å². The van der Waals surface area contributed by atoms with Crippen molar-refractivity contribution in [1.82, 2.24) is 0 Å². The van der Waals surface area contributed by atoms with Crippen molar-refractivity contribution in [3.8, 4) is 22.3 Å². The van der Waals surface area contributed by atoms with Crippen LogP contribution in [0.1, 0.15) is 0 Å². The Labute approximate surface area is 315 Å². The molecule has 11 aromatic rings. The number of fused-ring (bicyclic) bond motifs is 9. The number of hydrogen-bond acceptors (Lipinski definition) is 3. The maximum absolute atomic E-state index is 2.51. The predicted molar refractivity (Wildman–Crippen MR) is 233 cm³/mol. The third-order valence-corrected chi connectivity index (χ3v) is 13.0. The summed E-state index contributed by atoms with van der Waals surface area (Å²) in [6, 6.07) is 69.2. The first-order chi connectivity index (χ1) is 26.3. The van der Waals surface area contributed by atoms with Crippen LogP contribution in [0.5, 0.6) is 0 Å². The minimum Gasteiger partial charge on any atom is -0.309 e. The van der Waals surface area contributed by atoms with E-state index in [0.717, 1.165) is 5.69 Å². The molecule has 0 fully saturated rings. The molecule has 0 aliphatic heterocycles. The van der Waals surface area contributed by atoms with E-state index < -0.39 is 0 Å². The first-order valence-corrected chi connectivity index (χ1v) is 19.6. The highest BCUT2D eigenvalue weighted by Gasteiger charge is 2.23. The van der Waals surface area contributed by atoms with E-state index in [0.29, 0.717) is 0 Å². The lowest BCUT2D eigenvalue weighted by atomic mass is 9.97. The minimum atomic E-state index is 1.13. The van der Waals surface area contributed by atoms with Crippen LogP contribution in [0, 0.1) is 0 Å². The lowest BCUT2D eigenvalue weighted by Gasteiger charge is -2.28. The van der Waals surface area contributed by atoms with Crippen molar-refractivity contribution in [3.63, 3.8) is 0 Å². The molecule has 0 amide bonds. The Morgan fingerprint density at radius 1 is 0.340 bits per heavy atom. The molecule has 248 valence electrons. The summed E-state index contributed by atoms with van der Waals surface area (Å²) in [5.41, 5.74) is 8.43. The zero-order chi connectivity index (χ0) is 34.9. The molecule has 0 aliphatic carbocycles. The van der Waals surface area contributed by atoms with E-state index >= 15 is 0 Å². The summed E-state index contributed by atoms with van der Waals surface area (Å²) in [5, 5.41) is 10.3. The van der Waals surface area contributed by atoms with E-state index in [1.165, 1.54) is 95.5 Å². The molecule has 2 aromatic heterocycles. The quantitative estimate of drug-likeness (QED) is 0.161. The number of nitrogens with zero attached hydrogens (tertiary/aromatic N) is 1. The second-order valence-electron chi connectivity index (χ2n) is 13.7. The van der Waals surface area contributed by atoms with Crippen LogP contribution in [0.4, 0.5) is 17.1 Å². The van der Waals surface area contributed by atoms with Crippen molar-refractivity contribution in [2.45, 2.75) is 0 Å². The molecule has 2 heterocycles. The first kappa shape index (κ1) is 30.4. The van der Waals surface area contributed by atoms with Crippen molar-refractivity contribution in [2.24, 2.45) is 0 Å². The maximum atomic E-state index is 2.51. The molecule has 0 saturated heterocycles. The van der Waals surface area contributed by atoms with Crippen molar-refractivity contribution >= 4 is 102 Å². The van der Waals surface area contributed by atoms with Crippen molar-refractivity contribution in [2.75, 3.05) is 4.90 Å². The molecule has 0 atom stereocenters. The number of anilines is 3. The van der Waals surface area contributed by atoms with Gasteiger partial charge in [0.05, 0.1) is 11.4 Å². The summed E-state index contributed by atoms with van der Waals surface area (Å²) >= 11 is 3.76. The fourth-order valence-electron chi connectivity index (χ4n) is 8.19. The van der Waals surface area contributed by atoms with Gasteiger partial charge in [0.1, 0.15) is 0 Å². The normalized spacial score (nSPS) is 11.8. The van der Waals surface area contributed by atoms with Crippen LogP contribution >= 0.6 is 22.7 Å². The van der Waals surface area contributed by atoms with E-state index in [4.69, 9.17) is 0 Å². The standard InChI is InChI=1S/C50H31NS2/c1-2-11-33(12-3-1)40-29-30-44(49-42-16-7-9-19-46(42)53-50(40)49)51(43-17-10-20-47-48(43)41-15-6-8-18-45(41)52-47)37-26-23-32(24-27-37)35-25-28-39-36(31-35)22-21-34-13-4-5-14-38(34)39/h1-31H. The van der Waals surface area contributed by atoms with Crippen LogP contribution in [-0.2, 0) is 0 Å². The average Bonchev–Trinajstić information content (AvgIpc) is 3.81. The van der Waals surface area contributed by atoms with Crippen LogP contribution in [0.15, 0.2) is 188 Å². The fourth-order valence-corrected chi connectivity index (χ4v) is 10.6. The van der Waals surface area contributed by atoms with Gasteiger partial charge in [0, 0.05) is 46.0 Å². The number of rotatable bonds is 5. The Balaban J connectivity index is 1.14. The molecule has 53 heavy (non-hydrogen) atoms. The van der Waals surface area contributed by atoms with Gasteiger partial charge < -0.3 is 4.90 Å². The molecule has 0 spiro atoms. The Morgan fingerprint density at radius 2 is 0.962 bits per heavy atom. The van der Waals surface area contributed by atoms with Crippen LogP contribution in [-0.4, -0.2) is 0 Å². The smallest absolute Gasteiger partial charge is 0.0555 e. The topological polar surface area (TPSA) is 3.24 Å². The number of benzene rings is 9. The Kier molecular flexibility index (Phi) is 6.97. The highest BCUT2D eigenvalue weighted by Crippen LogP contribution is 2.51. The molecular weight excluding hydrogens is 679 g/mol. The van der Waals surface area contributed by atoms with Gasteiger partial charge in [0.15, 0.2) is 0 Å². The summed E-state index contributed by atoms with van der Waals surface area (Å²) in [6.07, 6.45) is 0. The molecule has 0 unspecified atom stereocenters. The molecule has 9 aromatic carbocycles. The van der Waals surface area contributed by atoms with Crippen molar-refractivity contribution in [3.05, 3.63) is 188 Å². The van der Waals surface area contributed by atoms with Crippen molar-refractivity contribution < 1.29 is 0 Å². The molecule has 0 aliphatic rings. The summed E-state index contributed by atoms with van der Waals surface area (Å²) in [6.45, 7) is 0. The monoisotopic (exact) mass is 709 g/mol. The second kappa shape index (κ2) is 12.2. The van der Waals surface area contributed by atoms with Crippen molar-refractivity contribution in [1.29, 1.82) is 0 Å². The van der Waals surface area contributed by atoms with E-state index in [1.54, 1.807) is 0 Å². The zero-order valence-corrected chi connectivity index (χ0v) is 30.3. The molecule has 0 radical (unpaired) electrons. The van der Waals surface area contributed by atoms with Gasteiger partial charge in [-0.3, -0.25) is 0 Å². The summed E-state index contributed by atoms with van der Waals surface area (Å²) in [7, 11) is 0. The fraction of sp³-hybridized carbons (Fsp3) is 0. The van der Waals surface area contributed by atoms with Gasteiger partial charge in [-0.15, -0.1) is 22.7 Å². The second-order valence-corrected chi connectivity index (χ2v) is 15.8. The summed E-state index contributed by atoms with van der Waals surface area (Å²) < 4.78 is 5.20. The highest BCUT2D eigenvalue weighted by atomic mass is 32.1. The van der Waals surface area contributed by atoms with E-state index in [9.17, 15) is 0 Å². The van der Waals surface area contributed by atoms with Gasteiger partial charge in [-0.05, 0) is 92.3 Å². The molecule has 3 heteroatoms. The Morgan fingerprint density at radius 3 is 1.79 bits per heavy atom. The van der Waals surface area contributed by atoms with Gasteiger partial charge in [-0.2, -0.15) is 0 Å². The number of hydrogen-bond donors (Lipinski definition) is 0. The van der Waals surface area contributed by atoms with Gasteiger partial charge >= 0.3 is 0 Å². The summed E-state index contributed by atoms with van der Waals surface area (Å²) in [4.78, 5) is 2.51. The molecular formula is C50H31NS2. The molecule has 0 N–H and O–H groups in total. The first-order valence-electron chi connectivity index (χ1n) is 18.0. The van der Waals surface area contributed by atoms with E-state index in [-0.39, 0.29) is 0 Å². The highest BCUT2D eigenvalue weighted by molar-refractivity contribution is 7.26. The third-order valence-electron chi connectivity index (χ3n) is 10.7. The SMILES string of the molecule is c1ccc(-c2ccc(N(c3ccc(-c4ccc5c(ccc6ccccc65)c4)cc3)c3cccc4sc5ccccc5c34)c3c2sc2ccccc23)cc1. The van der Waals surface area contributed by atoms with Gasteiger partial charge in [-0.25, -0.2) is 0 Å². The zero-order valence-electron chi connectivity index (χ0n) is 28.7. The lowest BCUT2D eigenvalue weighted by molar-refractivity contribution is 1.32. The molecule has 1 nitrogen and oxygen atoms in total. The van der Waals surface area contributed by atoms with Crippen LogP contribution in [0.25, 0.3) is 84.1 Å². The maximum Gasteiger partial charge on any atom is 0.0555 e. The van der Waals surface area contributed by atoms with E-state index in [2.05, 4.69) is 193 Å². The largest absolute Gasteiger partial charge is 0.309 e. The molecule has 0 bridgehead atoms. The van der Waals surface area contributed by atoms with E-state index in [1.807, 2.05) is 22.7 Å². The predicted octanol–water partition coefficient (Wildman–Crippen LogP) is 15.5. The van der Waals surface area contributed by atoms with Gasteiger partial charge in [0.25, 0.3) is 0 Å².